The molecule has 5 heteroatoms. The average Bonchev–Trinajstić information content (AvgIpc) is 3.06. The van der Waals surface area contributed by atoms with Crippen LogP contribution in [0.4, 0.5) is 5.82 Å². The van der Waals surface area contributed by atoms with Gasteiger partial charge in [0, 0.05) is 41.8 Å². The highest BCUT2D eigenvalue weighted by Crippen LogP contribution is 2.34. The van der Waals surface area contributed by atoms with Gasteiger partial charge in [-0.05, 0) is 69.1 Å². The van der Waals surface area contributed by atoms with E-state index in [4.69, 9.17) is 0 Å². The highest BCUT2D eigenvalue weighted by atomic mass is 15.2. The van der Waals surface area contributed by atoms with Crippen molar-refractivity contribution in [1.29, 1.82) is 0 Å². The Kier molecular flexibility index (Phi) is 3.71. The van der Waals surface area contributed by atoms with Gasteiger partial charge in [0.05, 0.1) is 5.69 Å². The minimum atomic E-state index is 0.485. The molecule has 0 spiro atoms. The van der Waals surface area contributed by atoms with Gasteiger partial charge in [-0.15, -0.1) is 10.2 Å². The van der Waals surface area contributed by atoms with Crippen LogP contribution in [0.25, 0.3) is 22.2 Å². The molecule has 2 bridgehead atoms. The molecule has 134 valence electrons. The third-order valence-electron chi connectivity index (χ3n) is 6.34. The molecule has 5 nitrogen and oxygen atoms in total. The Morgan fingerprint density at radius 3 is 2.62 bits per heavy atom. The summed E-state index contributed by atoms with van der Waals surface area (Å²) in [5.74, 6) is 1.65. The second-order valence-electron chi connectivity index (χ2n) is 7.79. The molecule has 6 rings (SSSR count). The summed E-state index contributed by atoms with van der Waals surface area (Å²) in [6.45, 7) is 4.83. The van der Waals surface area contributed by atoms with Gasteiger partial charge in [0.1, 0.15) is 5.82 Å². The fourth-order valence-corrected chi connectivity index (χ4v) is 4.72. The van der Waals surface area contributed by atoms with Gasteiger partial charge in [0.25, 0.3) is 0 Å². The zero-order valence-electron chi connectivity index (χ0n) is 15.4. The summed E-state index contributed by atoms with van der Waals surface area (Å²) in [7, 11) is 2.07. The molecule has 3 aliphatic rings. The molecular formula is C21H25N5. The van der Waals surface area contributed by atoms with Crippen LogP contribution in [0.15, 0.2) is 42.6 Å². The summed E-state index contributed by atoms with van der Waals surface area (Å²) in [5, 5.41) is 13.8. The van der Waals surface area contributed by atoms with Gasteiger partial charge >= 0.3 is 0 Å². The van der Waals surface area contributed by atoms with Gasteiger partial charge < -0.3 is 9.88 Å². The summed E-state index contributed by atoms with van der Waals surface area (Å²) in [5.41, 5.74) is 3.26. The van der Waals surface area contributed by atoms with Gasteiger partial charge in [-0.25, -0.2) is 0 Å². The number of benzene rings is 1. The number of nitrogens with zero attached hydrogens (tertiary/aromatic N) is 4. The highest BCUT2D eigenvalue weighted by Gasteiger charge is 2.39. The fraction of sp³-hybridized carbons (Fsp3) is 0.429. The van der Waals surface area contributed by atoms with Gasteiger partial charge in [-0.2, -0.15) is 0 Å². The molecule has 26 heavy (non-hydrogen) atoms. The van der Waals surface area contributed by atoms with Gasteiger partial charge in [-0.3, -0.25) is 4.90 Å². The van der Waals surface area contributed by atoms with E-state index in [1.165, 1.54) is 36.8 Å². The number of piperidine rings is 3. The SMILES string of the molecule is CC1C(Nc2ccc(-c3ccc4c(ccn4C)c3)nn2)C2CCN1CC2. The van der Waals surface area contributed by atoms with E-state index in [1.54, 1.807) is 0 Å². The molecule has 0 amide bonds. The zero-order valence-corrected chi connectivity index (χ0v) is 15.4. The molecule has 3 saturated heterocycles. The van der Waals surface area contributed by atoms with Crippen LogP contribution in [-0.2, 0) is 7.05 Å². The van der Waals surface area contributed by atoms with E-state index < -0.39 is 0 Å². The quantitative estimate of drug-likeness (QED) is 0.787. The Morgan fingerprint density at radius 2 is 1.88 bits per heavy atom. The van der Waals surface area contributed by atoms with Gasteiger partial charge in [0.2, 0.25) is 0 Å². The first-order chi connectivity index (χ1) is 12.7. The molecular weight excluding hydrogens is 322 g/mol. The summed E-state index contributed by atoms with van der Waals surface area (Å²) in [6.07, 6.45) is 4.68. The van der Waals surface area contributed by atoms with Crippen LogP contribution < -0.4 is 5.32 Å². The van der Waals surface area contributed by atoms with E-state index in [9.17, 15) is 0 Å². The number of aromatic nitrogens is 3. The maximum absolute atomic E-state index is 4.48. The Bertz CT molecular complexity index is 919. The monoisotopic (exact) mass is 347 g/mol. The molecule has 2 atom stereocenters. The lowest BCUT2D eigenvalue weighted by molar-refractivity contribution is 0.0457. The second kappa shape index (κ2) is 6.09. The number of hydrogen-bond donors (Lipinski definition) is 1. The third kappa shape index (κ3) is 2.58. The predicted molar refractivity (Wildman–Crippen MR) is 105 cm³/mol. The standard InChI is InChI=1S/C21H25N5/c1-14-21(15-8-11-26(14)12-9-15)22-20-6-4-18(23-24-20)16-3-5-19-17(13-16)7-10-25(19)2/h3-7,10,13-15,21H,8-9,11-12H2,1-2H3,(H,22,24). The first-order valence-corrected chi connectivity index (χ1v) is 9.59. The number of hydrogen-bond acceptors (Lipinski definition) is 4. The third-order valence-corrected chi connectivity index (χ3v) is 6.34. The maximum Gasteiger partial charge on any atom is 0.148 e. The summed E-state index contributed by atoms with van der Waals surface area (Å²) in [6, 6.07) is 13.8. The van der Waals surface area contributed by atoms with Crippen molar-refractivity contribution in [3.8, 4) is 11.3 Å². The van der Waals surface area contributed by atoms with Crippen molar-refractivity contribution >= 4 is 16.7 Å². The van der Waals surface area contributed by atoms with Crippen molar-refractivity contribution in [3.05, 3.63) is 42.6 Å². The van der Waals surface area contributed by atoms with Crippen LogP contribution >= 0.6 is 0 Å². The van der Waals surface area contributed by atoms with E-state index in [0.29, 0.717) is 12.1 Å². The van der Waals surface area contributed by atoms with Crippen molar-refractivity contribution in [3.63, 3.8) is 0 Å². The topological polar surface area (TPSA) is 46.0 Å². The summed E-state index contributed by atoms with van der Waals surface area (Å²) >= 11 is 0. The zero-order chi connectivity index (χ0) is 17.7. The van der Waals surface area contributed by atoms with Crippen molar-refractivity contribution in [2.24, 2.45) is 13.0 Å². The van der Waals surface area contributed by atoms with Crippen LogP contribution in [0, 0.1) is 5.92 Å². The number of anilines is 1. The molecule has 0 aliphatic carbocycles. The molecule has 2 aromatic heterocycles. The molecule has 1 aromatic carbocycles. The molecule has 5 heterocycles. The molecule has 0 saturated carbocycles. The molecule has 1 N–H and O–H groups in total. The van der Waals surface area contributed by atoms with Crippen LogP contribution in [0.2, 0.25) is 0 Å². The first-order valence-electron chi connectivity index (χ1n) is 9.59. The predicted octanol–water partition coefficient (Wildman–Crippen LogP) is 3.53. The lowest BCUT2D eigenvalue weighted by Crippen LogP contribution is -2.59. The fourth-order valence-electron chi connectivity index (χ4n) is 4.72. The smallest absolute Gasteiger partial charge is 0.148 e. The number of rotatable bonds is 3. The number of nitrogens with one attached hydrogen (secondary N) is 1. The molecule has 3 fully saturated rings. The summed E-state index contributed by atoms with van der Waals surface area (Å²) < 4.78 is 2.13. The molecule has 3 aliphatic heterocycles. The minimum absolute atomic E-state index is 0.485. The lowest BCUT2D eigenvalue weighted by Gasteiger charge is -2.50. The van der Waals surface area contributed by atoms with E-state index in [0.717, 1.165) is 23.0 Å². The van der Waals surface area contributed by atoms with E-state index in [-0.39, 0.29) is 0 Å². The van der Waals surface area contributed by atoms with Gasteiger partial charge in [-0.1, -0.05) is 6.07 Å². The normalized spacial score (nSPS) is 27.8. The van der Waals surface area contributed by atoms with Crippen molar-refractivity contribution in [2.45, 2.75) is 31.8 Å². The van der Waals surface area contributed by atoms with E-state index in [1.807, 2.05) is 0 Å². The van der Waals surface area contributed by atoms with Crippen molar-refractivity contribution in [1.82, 2.24) is 19.7 Å². The van der Waals surface area contributed by atoms with E-state index in [2.05, 4.69) is 81.5 Å². The Balaban J connectivity index is 1.36. The highest BCUT2D eigenvalue weighted by molar-refractivity contribution is 5.85. The van der Waals surface area contributed by atoms with Crippen LogP contribution in [-0.4, -0.2) is 44.8 Å². The maximum atomic E-state index is 4.48. The van der Waals surface area contributed by atoms with Crippen LogP contribution in [0.3, 0.4) is 0 Å². The lowest BCUT2D eigenvalue weighted by atomic mass is 9.79. The largest absolute Gasteiger partial charge is 0.364 e. The van der Waals surface area contributed by atoms with E-state index >= 15 is 0 Å². The van der Waals surface area contributed by atoms with Gasteiger partial charge in [0.15, 0.2) is 0 Å². The Labute approximate surface area is 154 Å². The number of fused-ring (bicyclic) bond motifs is 4. The first kappa shape index (κ1) is 15.8. The van der Waals surface area contributed by atoms with Crippen molar-refractivity contribution < 1.29 is 0 Å². The Morgan fingerprint density at radius 1 is 1.04 bits per heavy atom. The second-order valence-corrected chi connectivity index (χ2v) is 7.79. The number of aryl methyl sites for hydroxylation is 1. The molecule has 2 unspecified atom stereocenters. The Hall–Kier alpha value is -2.40. The van der Waals surface area contributed by atoms with Crippen LogP contribution in [0.1, 0.15) is 19.8 Å². The molecule has 3 aromatic rings. The van der Waals surface area contributed by atoms with Crippen LogP contribution in [0.5, 0.6) is 0 Å². The van der Waals surface area contributed by atoms with Crippen molar-refractivity contribution in [2.75, 3.05) is 18.4 Å². The average molecular weight is 347 g/mol. The molecule has 0 radical (unpaired) electrons. The summed E-state index contributed by atoms with van der Waals surface area (Å²) in [4.78, 5) is 2.59. The minimum Gasteiger partial charge on any atom is -0.364 e.